The summed E-state index contributed by atoms with van der Waals surface area (Å²) in [6.07, 6.45) is -9.64. The third-order valence-electron chi connectivity index (χ3n) is 2.85. The van der Waals surface area contributed by atoms with Crippen LogP contribution in [0.3, 0.4) is 0 Å². The molecule has 0 amide bonds. The fourth-order valence-corrected chi connectivity index (χ4v) is 1.58. The zero-order valence-electron chi connectivity index (χ0n) is 12.9. The summed E-state index contributed by atoms with van der Waals surface area (Å²) in [7, 11) is 0. The van der Waals surface area contributed by atoms with Crippen LogP contribution in [0.2, 0.25) is 0 Å². The van der Waals surface area contributed by atoms with Crippen molar-refractivity contribution in [2.75, 3.05) is 13.2 Å². The highest BCUT2D eigenvalue weighted by atomic mass is 19.4. The van der Waals surface area contributed by atoms with E-state index in [0.717, 1.165) is 24.3 Å². The predicted molar refractivity (Wildman–Crippen MR) is 73.2 cm³/mol. The number of rotatable bonds is 7. The van der Waals surface area contributed by atoms with Crippen LogP contribution >= 0.6 is 0 Å². The number of alkyl halides is 6. The minimum absolute atomic E-state index is 0.0798. The summed E-state index contributed by atoms with van der Waals surface area (Å²) in [5.41, 5.74) is -0.221. The second-order valence-corrected chi connectivity index (χ2v) is 4.95. The van der Waals surface area contributed by atoms with Gasteiger partial charge in [0.2, 0.25) is 0 Å². The van der Waals surface area contributed by atoms with Gasteiger partial charge in [0.25, 0.3) is 6.17 Å². The van der Waals surface area contributed by atoms with Gasteiger partial charge < -0.3 is 9.47 Å². The Morgan fingerprint density at radius 1 is 0.960 bits per heavy atom. The van der Waals surface area contributed by atoms with Crippen LogP contribution in [0.25, 0.3) is 0 Å². The molecule has 0 aliphatic carbocycles. The van der Waals surface area contributed by atoms with Crippen molar-refractivity contribution in [3.63, 3.8) is 0 Å². The van der Waals surface area contributed by atoms with E-state index >= 15 is 0 Å². The molecule has 0 heterocycles. The Bertz CT molecular complexity index is 597. The summed E-state index contributed by atoms with van der Waals surface area (Å²) >= 11 is 0. The monoisotopic (exact) mass is 372 g/mol. The molecule has 0 aliphatic heterocycles. The van der Waals surface area contributed by atoms with Crippen molar-refractivity contribution >= 4 is 11.9 Å². The van der Waals surface area contributed by atoms with Crippen LogP contribution in [0.4, 0.5) is 26.3 Å². The van der Waals surface area contributed by atoms with Gasteiger partial charge in [-0.1, -0.05) is 6.92 Å². The Labute approximate surface area is 138 Å². The van der Waals surface area contributed by atoms with Crippen LogP contribution in [0, 0.1) is 0 Å². The van der Waals surface area contributed by atoms with E-state index in [-0.39, 0.29) is 17.7 Å². The van der Waals surface area contributed by atoms with Crippen molar-refractivity contribution in [2.24, 2.45) is 0 Å². The Morgan fingerprint density at radius 2 is 1.40 bits per heavy atom. The second kappa shape index (κ2) is 8.21. The van der Waals surface area contributed by atoms with Crippen molar-refractivity contribution in [3.05, 3.63) is 35.4 Å². The zero-order chi connectivity index (χ0) is 19.3. The first-order chi connectivity index (χ1) is 11.5. The van der Waals surface area contributed by atoms with E-state index in [0.29, 0.717) is 6.42 Å². The Kier molecular flexibility index (Phi) is 6.83. The van der Waals surface area contributed by atoms with Crippen LogP contribution in [0.15, 0.2) is 24.3 Å². The fourth-order valence-electron chi connectivity index (χ4n) is 1.58. The number of hydrogen-bond acceptors (Lipinski definition) is 4. The van der Waals surface area contributed by atoms with Crippen LogP contribution in [-0.2, 0) is 9.47 Å². The molecule has 140 valence electrons. The van der Waals surface area contributed by atoms with E-state index in [2.05, 4.69) is 4.74 Å². The van der Waals surface area contributed by atoms with Crippen LogP contribution in [-0.4, -0.2) is 43.4 Å². The van der Waals surface area contributed by atoms with E-state index < -0.39 is 36.8 Å². The summed E-state index contributed by atoms with van der Waals surface area (Å²) in [5, 5.41) is 0. The van der Waals surface area contributed by atoms with Gasteiger partial charge in [-0.3, -0.25) is 0 Å². The lowest BCUT2D eigenvalue weighted by Crippen LogP contribution is -2.45. The Balaban J connectivity index is 2.68. The van der Waals surface area contributed by atoms with Crippen molar-refractivity contribution < 1.29 is 45.4 Å². The molecule has 0 saturated carbocycles. The zero-order valence-corrected chi connectivity index (χ0v) is 12.9. The normalized spacial score (nSPS) is 13.2. The average molecular weight is 372 g/mol. The lowest BCUT2D eigenvalue weighted by Gasteiger charge is -2.22. The topological polar surface area (TPSA) is 52.6 Å². The van der Waals surface area contributed by atoms with Gasteiger partial charge in [0.15, 0.2) is 6.61 Å². The summed E-state index contributed by atoms with van der Waals surface area (Å²) in [6.45, 7) is -0.114. The minimum Gasteiger partial charge on any atom is -0.462 e. The van der Waals surface area contributed by atoms with Crippen molar-refractivity contribution in [2.45, 2.75) is 31.6 Å². The van der Waals surface area contributed by atoms with Gasteiger partial charge in [-0.05, 0) is 30.7 Å². The molecule has 1 aromatic rings. The number of hydrogen-bond donors (Lipinski definition) is 0. The first kappa shape index (κ1) is 20.8. The van der Waals surface area contributed by atoms with Crippen LogP contribution in [0.1, 0.15) is 34.1 Å². The van der Waals surface area contributed by atoms with Gasteiger partial charge in [0.05, 0.1) is 17.7 Å². The van der Waals surface area contributed by atoms with Gasteiger partial charge in [-0.25, -0.2) is 14.0 Å². The molecular formula is C15H14F6O4. The molecule has 25 heavy (non-hydrogen) atoms. The summed E-state index contributed by atoms with van der Waals surface area (Å²) < 4.78 is 83.5. The molecule has 0 bridgehead atoms. The maximum atomic E-state index is 13.0. The van der Waals surface area contributed by atoms with E-state index in [1.807, 2.05) is 0 Å². The molecule has 0 radical (unpaired) electrons. The number of halogens is 6. The third-order valence-corrected chi connectivity index (χ3v) is 2.85. The summed E-state index contributed by atoms with van der Waals surface area (Å²) in [5.74, 6) is -6.97. The molecule has 0 spiro atoms. The van der Waals surface area contributed by atoms with E-state index in [4.69, 9.17) is 4.74 Å². The molecule has 1 atom stereocenters. The van der Waals surface area contributed by atoms with Gasteiger partial charge in [0, 0.05) is 0 Å². The van der Waals surface area contributed by atoms with Gasteiger partial charge in [-0.15, -0.1) is 0 Å². The minimum atomic E-state index is -5.78. The molecule has 1 unspecified atom stereocenters. The Hall–Kier alpha value is -2.26. The molecule has 0 aromatic heterocycles. The third kappa shape index (κ3) is 5.95. The maximum absolute atomic E-state index is 13.0. The molecule has 1 rings (SSSR count). The van der Waals surface area contributed by atoms with Gasteiger partial charge >= 0.3 is 24.0 Å². The Morgan fingerprint density at radius 3 is 1.80 bits per heavy atom. The van der Waals surface area contributed by atoms with Gasteiger partial charge in [0.1, 0.15) is 0 Å². The molecule has 0 fully saturated rings. The largest absolute Gasteiger partial charge is 0.462 e. The highest BCUT2D eigenvalue weighted by Gasteiger charge is 2.57. The smallest absolute Gasteiger partial charge is 0.425 e. The highest BCUT2D eigenvalue weighted by Crippen LogP contribution is 2.35. The average Bonchev–Trinajstić information content (AvgIpc) is 2.56. The maximum Gasteiger partial charge on any atom is 0.425 e. The summed E-state index contributed by atoms with van der Waals surface area (Å²) in [6, 6.07) is 4.39. The first-order valence-electron chi connectivity index (χ1n) is 7.02. The quantitative estimate of drug-likeness (QED) is 0.537. The van der Waals surface area contributed by atoms with Crippen molar-refractivity contribution in [1.82, 2.24) is 0 Å². The molecule has 4 nitrogen and oxygen atoms in total. The van der Waals surface area contributed by atoms with E-state index in [1.165, 1.54) is 0 Å². The highest BCUT2D eigenvalue weighted by molar-refractivity contribution is 5.93. The lowest BCUT2D eigenvalue weighted by molar-refractivity contribution is -0.251. The molecular weight excluding hydrogens is 358 g/mol. The molecule has 10 heteroatoms. The number of carbonyl (C=O) groups is 2. The first-order valence-corrected chi connectivity index (χ1v) is 7.02. The molecule has 0 saturated heterocycles. The molecule has 1 aromatic carbocycles. The van der Waals surface area contributed by atoms with Crippen molar-refractivity contribution in [3.8, 4) is 0 Å². The second-order valence-electron chi connectivity index (χ2n) is 4.95. The van der Waals surface area contributed by atoms with Crippen molar-refractivity contribution in [1.29, 1.82) is 0 Å². The fraction of sp³-hybridized carbons (Fsp3) is 0.467. The lowest BCUT2D eigenvalue weighted by atomic mass is 10.1. The number of benzene rings is 1. The molecule has 0 aliphatic rings. The van der Waals surface area contributed by atoms with E-state index in [9.17, 15) is 35.9 Å². The van der Waals surface area contributed by atoms with Crippen LogP contribution < -0.4 is 0 Å². The van der Waals surface area contributed by atoms with E-state index in [1.54, 1.807) is 6.92 Å². The molecule has 0 N–H and O–H groups in total. The van der Waals surface area contributed by atoms with Gasteiger partial charge in [-0.2, -0.15) is 22.0 Å². The van der Waals surface area contributed by atoms with Crippen LogP contribution in [0.5, 0.6) is 0 Å². The summed E-state index contributed by atoms with van der Waals surface area (Å²) in [4.78, 5) is 23.1. The SMILES string of the molecule is CCCOC(=O)c1ccc(C(=O)OCC(F)(F)C(F)C(F)(F)F)cc1. The standard InChI is InChI=1S/C15H14F6O4/c1-2-7-24-11(22)9-3-5-10(6-4-9)12(23)25-8-14(17,18)13(16)15(19,20)21/h3-6,13H,2,7-8H2,1H3. The number of carbonyl (C=O) groups excluding carboxylic acids is 2. The number of ether oxygens (including phenoxy) is 2. The number of esters is 2. The predicted octanol–water partition coefficient (Wildman–Crippen LogP) is 3.95.